The van der Waals surface area contributed by atoms with E-state index in [-0.39, 0.29) is 6.03 Å². The van der Waals surface area contributed by atoms with Crippen LogP contribution in [0.15, 0.2) is 48.9 Å². The number of carbonyl (C=O) groups is 1. The highest BCUT2D eigenvalue weighted by molar-refractivity contribution is 7.11. The van der Waals surface area contributed by atoms with Gasteiger partial charge in [-0.3, -0.25) is 4.68 Å². The van der Waals surface area contributed by atoms with Crippen LogP contribution in [0, 0.1) is 6.92 Å². The highest BCUT2D eigenvalue weighted by Crippen LogP contribution is 2.11. The molecule has 24 heavy (non-hydrogen) atoms. The molecule has 0 unspecified atom stereocenters. The molecule has 3 aromatic rings. The second kappa shape index (κ2) is 7.74. The van der Waals surface area contributed by atoms with E-state index < -0.39 is 0 Å². The Bertz CT molecular complexity index is 797. The lowest BCUT2D eigenvalue weighted by atomic mass is 10.1. The van der Waals surface area contributed by atoms with Crippen LogP contribution in [-0.2, 0) is 19.6 Å². The van der Waals surface area contributed by atoms with Crippen LogP contribution in [0.4, 0.5) is 4.79 Å². The number of thiazole rings is 1. The van der Waals surface area contributed by atoms with Crippen LogP contribution < -0.4 is 10.6 Å². The molecule has 0 aliphatic rings. The van der Waals surface area contributed by atoms with Crippen LogP contribution >= 0.6 is 11.3 Å². The average molecular weight is 341 g/mol. The number of carbonyl (C=O) groups excluding carboxylic acids is 1. The third kappa shape index (κ3) is 4.42. The number of aryl methyl sites for hydroxylation is 1. The quantitative estimate of drug-likeness (QED) is 0.724. The second-order valence-electron chi connectivity index (χ2n) is 5.35. The monoisotopic (exact) mass is 341 g/mol. The summed E-state index contributed by atoms with van der Waals surface area (Å²) in [6, 6.07) is 9.75. The van der Waals surface area contributed by atoms with Gasteiger partial charge in [-0.25, -0.2) is 9.78 Å². The van der Waals surface area contributed by atoms with Crippen LogP contribution in [0.25, 0.3) is 0 Å². The standard InChI is InChI=1S/C17H19N5OS/c1-13-18-10-16(24-13)11-20-17(23)19-9-14-5-2-3-6-15(14)12-22-8-4-7-21-22/h2-8,10H,9,11-12H2,1H3,(H2,19,20,23). The fourth-order valence-electron chi connectivity index (χ4n) is 2.35. The van der Waals surface area contributed by atoms with Gasteiger partial charge < -0.3 is 10.6 Å². The summed E-state index contributed by atoms with van der Waals surface area (Å²) in [5, 5.41) is 11.0. The summed E-state index contributed by atoms with van der Waals surface area (Å²) in [4.78, 5) is 17.2. The van der Waals surface area contributed by atoms with Gasteiger partial charge in [-0.05, 0) is 24.1 Å². The first-order chi connectivity index (χ1) is 11.7. The van der Waals surface area contributed by atoms with Gasteiger partial charge in [0, 0.05) is 30.0 Å². The number of benzene rings is 1. The molecule has 0 aliphatic carbocycles. The number of hydrogen-bond acceptors (Lipinski definition) is 4. The number of nitrogens with one attached hydrogen (secondary N) is 2. The van der Waals surface area contributed by atoms with Crippen LogP contribution in [0.5, 0.6) is 0 Å². The largest absolute Gasteiger partial charge is 0.334 e. The minimum atomic E-state index is -0.185. The zero-order chi connectivity index (χ0) is 16.8. The van der Waals surface area contributed by atoms with E-state index in [4.69, 9.17) is 0 Å². The van der Waals surface area contributed by atoms with Crippen molar-refractivity contribution in [1.82, 2.24) is 25.4 Å². The first-order valence-electron chi connectivity index (χ1n) is 7.68. The van der Waals surface area contributed by atoms with Gasteiger partial charge in [0.25, 0.3) is 0 Å². The zero-order valence-electron chi connectivity index (χ0n) is 13.4. The van der Waals surface area contributed by atoms with Gasteiger partial charge >= 0.3 is 6.03 Å². The van der Waals surface area contributed by atoms with E-state index in [1.807, 2.05) is 42.1 Å². The van der Waals surface area contributed by atoms with Crippen molar-refractivity contribution >= 4 is 17.4 Å². The molecule has 0 saturated heterocycles. The van der Waals surface area contributed by atoms with E-state index in [1.165, 1.54) is 0 Å². The summed E-state index contributed by atoms with van der Waals surface area (Å²) in [7, 11) is 0. The minimum absolute atomic E-state index is 0.185. The summed E-state index contributed by atoms with van der Waals surface area (Å²) in [5.41, 5.74) is 2.22. The van der Waals surface area contributed by atoms with Crippen molar-refractivity contribution in [2.45, 2.75) is 26.6 Å². The number of aromatic nitrogens is 3. The van der Waals surface area contributed by atoms with E-state index in [1.54, 1.807) is 23.7 Å². The normalized spacial score (nSPS) is 10.5. The lowest BCUT2D eigenvalue weighted by Crippen LogP contribution is -2.34. The first-order valence-corrected chi connectivity index (χ1v) is 8.49. The molecule has 0 spiro atoms. The fourth-order valence-corrected chi connectivity index (χ4v) is 3.08. The molecule has 0 fully saturated rings. The van der Waals surface area contributed by atoms with Gasteiger partial charge in [-0.1, -0.05) is 24.3 Å². The van der Waals surface area contributed by atoms with Gasteiger partial charge in [0.1, 0.15) is 0 Å². The van der Waals surface area contributed by atoms with Crippen molar-refractivity contribution < 1.29 is 4.79 Å². The maximum Gasteiger partial charge on any atom is 0.315 e. The molecule has 2 aromatic heterocycles. The SMILES string of the molecule is Cc1ncc(CNC(=O)NCc2ccccc2Cn2cccn2)s1. The van der Waals surface area contributed by atoms with Crippen molar-refractivity contribution in [1.29, 1.82) is 0 Å². The first kappa shape index (κ1) is 16.2. The van der Waals surface area contributed by atoms with E-state index in [0.717, 1.165) is 21.0 Å². The molecule has 0 aliphatic heterocycles. The Morgan fingerprint density at radius 1 is 1.17 bits per heavy atom. The Morgan fingerprint density at radius 2 is 1.96 bits per heavy atom. The molecule has 2 heterocycles. The van der Waals surface area contributed by atoms with E-state index in [9.17, 15) is 4.79 Å². The van der Waals surface area contributed by atoms with Gasteiger partial charge in [0.15, 0.2) is 0 Å². The molecule has 0 radical (unpaired) electrons. The molecule has 1 aromatic carbocycles. The third-order valence-electron chi connectivity index (χ3n) is 3.54. The van der Waals surface area contributed by atoms with Gasteiger partial charge in [-0.2, -0.15) is 5.10 Å². The van der Waals surface area contributed by atoms with Crippen LogP contribution in [0.2, 0.25) is 0 Å². The molecule has 3 rings (SSSR count). The number of urea groups is 1. The highest BCUT2D eigenvalue weighted by Gasteiger charge is 2.06. The van der Waals surface area contributed by atoms with Crippen LogP contribution in [0.1, 0.15) is 21.0 Å². The average Bonchev–Trinajstić information content (AvgIpc) is 3.24. The third-order valence-corrected chi connectivity index (χ3v) is 4.45. The smallest absolute Gasteiger partial charge is 0.315 e. The van der Waals surface area contributed by atoms with Crippen molar-refractivity contribution in [3.8, 4) is 0 Å². The molecule has 6 nitrogen and oxygen atoms in total. The maximum absolute atomic E-state index is 12.0. The van der Waals surface area contributed by atoms with Crippen LogP contribution in [0.3, 0.4) is 0 Å². The maximum atomic E-state index is 12.0. The van der Waals surface area contributed by atoms with E-state index in [2.05, 4.69) is 26.8 Å². The van der Waals surface area contributed by atoms with E-state index >= 15 is 0 Å². The highest BCUT2D eigenvalue weighted by atomic mass is 32.1. The number of rotatable bonds is 6. The van der Waals surface area contributed by atoms with Gasteiger partial charge in [-0.15, -0.1) is 11.3 Å². The predicted octanol–water partition coefficient (Wildman–Crippen LogP) is 2.70. The van der Waals surface area contributed by atoms with Gasteiger partial charge in [0.2, 0.25) is 0 Å². The number of nitrogens with zero attached hydrogens (tertiary/aromatic N) is 3. The lowest BCUT2D eigenvalue weighted by Gasteiger charge is -2.11. The Balaban J connectivity index is 1.53. The molecule has 124 valence electrons. The summed E-state index contributed by atoms with van der Waals surface area (Å²) >= 11 is 1.59. The molecule has 0 saturated carbocycles. The molecular formula is C17H19N5OS. The summed E-state index contributed by atoms with van der Waals surface area (Å²) < 4.78 is 1.87. The second-order valence-corrected chi connectivity index (χ2v) is 6.67. The van der Waals surface area contributed by atoms with Crippen molar-refractivity contribution in [3.05, 3.63) is 69.9 Å². The molecule has 7 heteroatoms. The lowest BCUT2D eigenvalue weighted by molar-refractivity contribution is 0.240. The van der Waals surface area contributed by atoms with E-state index in [0.29, 0.717) is 19.6 Å². The van der Waals surface area contributed by atoms with Crippen molar-refractivity contribution in [3.63, 3.8) is 0 Å². The molecule has 0 bridgehead atoms. The summed E-state index contributed by atoms with van der Waals surface area (Å²) in [6.07, 6.45) is 5.48. The van der Waals surface area contributed by atoms with Crippen LogP contribution in [-0.4, -0.2) is 20.8 Å². The van der Waals surface area contributed by atoms with Gasteiger partial charge in [0.05, 0.1) is 18.1 Å². The molecule has 2 amide bonds. The molecule has 0 atom stereocenters. The number of hydrogen-bond donors (Lipinski definition) is 2. The Hall–Kier alpha value is -2.67. The topological polar surface area (TPSA) is 71.8 Å². The van der Waals surface area contributed by atoms with Crippen molar-refractivity contribution in [2.24, 2.45) is 0 Å². The molecular weight excluding hydrogens is 322 g/mol. The minimum Gasteiger partial charge on any atom is -0.334 e. The Morgan fingerprint density at radius 3 is 2.67 bits per heavy atom. The van der Waals surface area contributed by atoms with Crippen molar-refractivity contribution in [2.75, 3.05) is 0 Å². The Labute approximate surface area is 144 Å². The predicted molar refractivity (Wildman–Crippen MR) is 93.7 cm³/mol. The Kier molecular flexibility index (Phi) is 5.22. The fraction of sp³-hybridized carbons (Fsp3) is 0.235. The number of amides is 2. The summed E-state index contributed by atoms with van der Waals surface area (Å²) in [6.45, 7) is 3.61. The summed E-state index contributed by atoms with van der Waals surface area (Å²) in [5.74, 6) is 0. The molecule has 2 N–H and O–H groups in total. The zero-order valence-corrected chi connectivity index (χ0v) is 14.2.